The number of aromatic nitrogens is 2. The Kier molecular flexibility index (Phi) is 2.97. The van der Waals surface area contributed by atoms with E-state index in [1.165, 1.54) is 36.1 Å². The van der Waals surface area contributed by atoms with E-state index in [0.29, 0.717) is 0 Å². The van der Waals surface area contributed by atoms with Crippen LogP contribution in [0.15, 0.2) is 30.3 Å². The molecular weight excluding hydrogens is 284 g/mol. The van der Waals surface area contributed by atoms with Crippen molar-refractivity contribution in [1.82, 2.24) is 9.97 Å². The lowest BCUT2D eigenvalue weighted by molar-refractivity contribution is 0.284. The average Bonchev–Trinajstić information content (AvgIpc) is 2.88. The van der Waals surface area contributed by atoms with Crippen molar-refractivity contribution in [3.63, 3.8) is 0 Å². The fraction of sp³-hybridized carbons (Fsp3) is 0.375. The van der Waals surface area contributed by atoms with Crippen LogP contribution >= 0.6 is 24.0 Å². The molecular formula is C16H16N2S2. The first-order valence-electron chi connectivity index (χ1n) is 7.05. The summed E-state index contributed by atoms with van der Waals surface area (Å²) in [5, 5.41) is 0. The van der Waals surface area contributed by atoms with E-state index in [4.69, 9.17) is 17.2 Å². The monoisotopic (exact) mass is 300 g/mol. The largest absolute Gasteiger partial charge is 0.345 e. The van der Waals surface area contributed by atoms with E-state index in [0.717, 1.165) is 22.0 Å². The van der Waals surface area contributed by atoms with Crippen LogP contribution < -0.4 is 0 Å². The van der Waals surface area contributed by atoms with Crippen LogP contribution in [0.25, 0.3) is 0 Å². The minimum Gasteiger partial charge on any atom is -0.345 e. The lowest BCUT2D eigenvalue weighted by Gasteiger charge is -2.41. The van der Waals surface area contributed by atoms with Gasteiger partial charge in [-0.05, 0) is 18.4 Å². The van der Waals surface area contributed by atoms with Gasteiger partial charge in [-0.1, -0.05) is 49.0 Å². The number of aromatic amines is 1. The molecule has 0 spiro atoms. The number of benzene rings is 1. The van der Waals surface area contributed by atoms with Crippen molar-refractivity contribution in [3.05, 3.63) is 57.6 Å². The van der Waals surface area contributed by atoms with Crippen molar-refractivity contribution < 1.29 is 0 Å². The first-order chi connectivity index (χ1) is 9.79. The first-order valence-corrected chi connectivity index (χ1v) is 8.62. The maximum atomic E-state index is 5.51. The molecule has 1 fully saturated rings. The lowest BCUT2D eigenvalue weighted by atomic mass is 9.64. The molecule has 2 nitrogen and oxygen atoms in total. The molecule has 0 unspecified atom stereocenters. The predicted octanol–water partition coefficient (Wildman–Crippen LogP) is 4.36. The maximum absolute atomic E-state index is 5.51. The summed E-state index contributed by atoms with van der Waals surface area (Å²) in [6, 6.07) is 10.8. The number of hydrogen-bond donors (Lipinski definition) is 1. The van der Waals surface area contributed by atoms with Crippen LogP contribution in [0.2, 0.25) is 0 Å². The Morgan fingerprint density at radius 3 is 2.65 bits per heavy atom. The quantitative estimate of drug-likeness (QED) is 0.836. The van der Waals surface area contributed by atoms with Crippen LogP contribution in [0, 0.1) is 4.64 Å². The van der Waals surface area contributed by atoms with Crippen LogP contribution in [0.4, 0.5) is 0 Å². The summed E-state index contributed by atoms with van der Waals surface area (Å²) >= 11 is 7.43. The van der Waals surface area contributed by atoms with Crippen molar-refractivity contribution in [3.8, 4) is 0 Å². The zero-order valence-electron chi connectivity index (χ0n) is 11.2. The van der Waals surface area contributed by atoms with Gasteiger partial charge in [0.15, 0.2) is 0 Å². The average molecular weight is 300 g/mol. The number of H-pyrrole nitrogens is 1. The Bertz CT molecular complexity index is 702. The fourth-order valence-corrected chi connectivity index (χ4v) is 4.69. The van der Waals surface area contributed by atoms with Crippen molar-refractivity contribution in [1.29, 1.82) is 0 Å². The molecule has 1 aliphatic carbocycles. The number of nitrogens with zero attached hydrogens (tertiary/aromatic N) is 1. The van der Waals surface area contributed by atoms with Gasteiger partial charge < -0.3 is 4.98 Å². The molecule has 102 valence electrons. The zero-order chi connectivity index (χ0) is 13.6. The zero-order valence-corrected chi connectivity index (χ0v) is 12.8. The summed E-state index contributed by atoms with van der Waals surface area (Å²) in [5.74, 6) is 3.14. The molecule has 1 aliphatic heterocycles. The minimum absolute atomic E-state index is 0.0666. The number of hydrogen-bond acceptors (Lipinski definition) is 3. The van der Waals surface area contributed by atoms with Gasteiger partial charge in [0.1, 0.15) is 10.5 Å². The summed E-state index contributed by atoms with van der Waals surface area (Å²) in [4.78, 5) is 8.37. The second kappa shape index (κ2) is 4.71. The summed E-state index contributed by atoms with van der Waals surface area (Å²) in [5.41, 5.74) is 3.98. The minimum atomic E-state index is 0.0666. The maximum Gasteiger partial charge on any atom is 0.134 e. The highest BCUT2D eigenvalue weighted by Gasteiger charge is 2.42. The SMILES string of the molecule is S=c1nc(C2(c3ccccc3)CCC2)[nH]c2c1CSC2. The number of nitrogens with one attached hydrogen (secondary N) is 1. The fourth-order valence-electron chi connectivity index (χ4n) is 3.25. The third-order valence-electron chi connectivity index (χ3n) is 4.58. The molecule has 2 aliphatic rings. The highest BCUT2D eigenvalue weighted by molar-refractivity contribution is 7.98. The van der Waals surface area contributed by atoms with Gasteiger partial charge in [0, 0.05) is 22.8 Å². The molecule has 1 N–H and O–H groups in total. The van der Waals surface area contributed by atoms with Crippen LogP contribution in [-0.2, 0) is 16.9 Å². The summed E-state index contributed by atoms with van der Waals surface area (Å²) < 4.78 is 0.806. The molecule has 1 saturated carbocycles. The Hall–Kier alpha value is -1.13. The van der Waals surface area contributed by atoms with E-state index in [1.54, 1.807) is 0 Å². The molecule has 2 heterocycles. The third kappa shape index (κ3) is 1.78. The number of fused-ring (bicyclic) bond motifs is 1. The van der Waals surface area contributed by atoms with Crippen molar-refractivity contribution in [2.24, 2.45) is 0 Å². The molecule has 0 radical (unpaired) electrons. The van der Waals surface area contributed by atoms with E-state index in [9.17, 15) is 0 Å². The molecule has 4 heteroatoms. The van der Waals surface area contributed by atoms with Crippen LogP contribution in [-0.4, -0.2) is 9.97 Å². The van der Waals surface area contributed by atoms with Gasteiger partial charge in [-0.25, -0.2) is 4.98 Å². The lowest BCUT2D eigenvalue weighted by Crippen LogP contribution is -2.37. The molecule has 4 rings (SSSR count). The van der Waals surface area contributed by atoms with Gasteiger partial charge in [-0.2, -0.15) is 11.8 Å². The molecule has 0 amide bonds. The third-order valence-corrected chi connectivity index (χ3v) is 5.91. The molecule has 0 atom stereocenters. The predicted molar refractivity (Wildman–Crippen MR) is 85.5 cm³/mol. The van der Waals surface area contributed by atoms with Crippen molar-refractivity contribution in [2.75, 3.05) is 0 Å². The van der Waals surface area contributed by atoms with Gasteiger partial charge in [0.2, 0.25) is 0 Å². The Balaban J connectivity index is 1.87. The summed E-state index contributed by atoms with van der Waals surface area (Å²) in [6.07, 6.45) is 3.60. The van der Waals surface area contributed by atoms with Gasteiger partial charge in [-0.15, -0.1) is 0 Å². The van der Waals surface area contributed by atoms with Gasteiger partial charge in [0.25, 0.3) is 0 Å². The van der Waals surface area contributed by atoms with E-state index in [2.05, 4.69) is 35.3 Å². The summed E-state index contributed by atoms with van der Waals surface area (Å²) in [6.45, 7) is 0. The normalized spacial score (nSPS) is 19.4. The van der Waals surface area contributed by atoms with E-state index >= 15 is 0 Å². The highest BCUT2D eigenvalue weighted by Crippen LogP contribution is 2.48. The highest BCUT2D eigenvalue weighted by atomic mass is 32.2. The molecule has 20 heavy (non-hydrogen) atoms. The summed E-state index contributed by atoms with van der Waals surface area (Å²) in [7, 11) is 0. The standard InChI is InChI=1S/C16H16N2S2/c19-14-12-9-20-10-13(12)17-15(18-14)16(7-4-8-16)11-5-2-1-3-6-11/h1-3,5-6H,4,7-10H2,(H,17,18,19). The van der Waals surface area contributed by atoms with Gasteiger partial charge in [0.05, 0.1) is 5.41 Å². The Morgan fingerprint density at radius 2 is 1.95 bits per heavy atom. The second-order valence-corrected chi connectivity index (χ2v) is 7.01. The Morgan fingerprint density at radius 1 is 1.15 bits per heavy atom. The van der Waals surface area contributed by atoms with E-state index < -0.39 is 0 Å². The number of rotatable bonds is 2. The molecule has 1 aromatic heterocycles. The van der Waals surface area contributed by atoms with Crippen LogP contribution in [0.1, 0.15) is 41.9 Å². The van der Waals surface area contributed by atoms with E-state index in [1.807, 2.05) is 11.8 Å². The molecule has 1 aromatic carbocycles. The smallest absolute Gasteiger partial charge is 0.134 e. The van der Waals surface area contributed by atoms with Gasteiger partial charge in [-0.3, -0.25) is 0 Å². The van der Waals surface area contributed by atoms with Gasteiger partial charge >= 0.3 is 0 Å². The molecule has 2 aromatic rings. The Labute approximate surface area is 128 Å². The van der Waals surface area contributed by atoms with Crippen LogP contribution in [0.5, 0.6) is 0 Å². The number of thioether (sulfide) groups is 1. The van der Waals surface area contributed by atoms with E-state index in [-0.39, 0.29) is 5.41 Å². The van der Waals surface area contributed by atoms with Crippen molar-refractivity contribution >= 4 is 24.0 Å². The molecule has 0 saturated heterocycles. The first kappa shape index (κ1) is 12.6. The van der Waals surface area contributed by atoms with Crippen LogP contribution in [0.3, 0.4) is 0 Å². The second-order valence-electron chi connectivity index (χ2n) is 5.64. The molecule has 0 bridgehead atoms. The topological polar surface area (TPSA) is 28.7 Å². The van der Waals surface area contributed by atoms with Crippen molar-refractivity contribution in [2.45, 2.75) is 36.2 Å².